The zero-order chi connectivity index (χ0) is 24.6. The second-order valence-corrected chi connectivity index (χ2v) is 9.34. The molecule has 1 amide bonds. The number of ether oxygens (including phenoxy) is 1. The molecule has 6 rings (SSSR count). The van der Waals surface area contributed by atoms with Crippen molar-refractivity contribution in [2.24, 2.45) is 0 Å². The van der Waals surface area contributed by atoms with E-state index in [4.69, 9.17) is 9.15 Å². The van der Waals surface area contributed by atoms with Gasteiger partial charge in [-0.15, -0.1) is 0 Å². The highest BCUT2D eigenvalue weighted by Gasteiger charge is 2.44. The van der Waals surface area contributed by atoms with Crippen molar-refractivity contribution in [2.45, 2.75) is 12.6 Å². The molecule has 1 atom stereocenters. The summed E-state index contributed by atoms with van der Waals surface area (Å²) >= 11 is 3.43. The fourth-order valence-corrected chi connectivity index (χ4v) is 4.84. The molecule has 6 nitrogen and oxygen atoms in total. The van der Waals surface area contributed by atoms with Gasteiger partial charge in [-0.1, -0.05) is 64.5 Å². The van der Waals surface area contributed by atoms with Gasteiger partial charge < -0.3 is 9.15 Å². The quantitative estimate of drug-likeness (QED) is 0.263. The van der Waals surface area contributed by atoms with E-state index in [0.717, 1.165) is 15.6 Å². The van der Waals surface area contributed by atoms with Crippen LogP contribution >= 0.6 is 15.9 Å². The van der Waals surface area contributed by atoms with Crippen molar-refractivity contribution in [1.82, 2.24) is 4.98 Å². The first-order valence-electron chi connectivity index (χ1n) is 11.4. The maximum absolute atomic E-state index is 13.7. The van der Waals surface area contributed by atoms with E-state index < -0.39 is 11.9 Å². The molecule has 7 heteroatoms. The summed E-state index contributed by atoms with van der Waals surface area (Å²) in [4.78, 5) is 33.2. The predicted molar refractivity (Wildman–Crippen MR) is 140 cm³/mol. The summed E-state index contributed by atoms with van der Waals surface area (Å²) in [5.41, 5.74) is 2.24. The van der Waals surface area contributed by atoms with Gasteiger partial charge in [0.15, 0.2) is 5.43 Å². The first-order valence-corrected chi connectivity index (χ1v) is 12.2. The van der Waals surface area contributed by atoms with Crippen LogP contribution in [-0.2, 0) is 6.61 Å². The molecule has 0 saturated carbocycles. The molecule has 3 aromatic carbocycles. The summed E-state index contributed by atoms with van der Waals surface area (Å²) in [6, 6.07) is 27.1. The van der Waals surface area contributed by atoms with Crippen molar-refractivity contribution in [3.8, 4) is 5.75 Å². The molecule has 0 saturated heterocycles. The van der Waals surface area contributed by atoms with Crippen molar-refractivity contribution in [1.29, 1.82) is 0 Å². The third kappa shape index (κ3) is 3.87. The molecular weight excluding hydrogens is 520 g/mol. The van der Waals surface area contributed by atoms with Crippen LogP contribution in [0, 0.1) is 0 Å². The minimum atomic E-state index is -0.690. The molecule has 176 valence electrons. The number of pyridine rings is 1. The van der Waals surface area contributed by atoms with Crippen molar-refractivity contribution >= 4 is 38.6 Å². The van der Waals surface area contributed by atoms with Crippen molar-refractivity contribution in [3.05, 3.63) is 134 Å². The lowest BCUT2D eigenvalue weighted by atomic mass is 9.98. The smallest absolute Gasteiger partial charge is 0.296 e. The number of carbonyl (C=O) groups excluding carboxylic acids is 1. The van der Waals surface area contributed by atoms with Gasteiger partial charge in [-0.3, -0.25) is 14.5 Å². The predicted octanol–water partition coefficient (Wildman–Crippen LogP) is 6.28. The lowest BCUT2D eigenvalue weighted by Crippen LogP contribution is -2.30. The molecule has 0 fully saturated rings. The highest BCUT2D eigenvalue weighted by molar-refractivity contribution is 9.10. The molecule has 5 aromatic rings. The van der Waals surface area contributed by atoms with E-state index in [-0.39, 0.29) is 11.2 Å². The number of hydrogen-bond acceptors (Lipinski definition) is 5. The van der Waals surface area contributed by atoms with Crippen LogP contribution in [0.25, 0.3) is 11.0 Å². The topological polar surface area (TPSA) is 72.6 Å². The van der Waals surface area contributed by atoms with Crippen LogP contribution in [0.4, 0.5) is 5.82 Å². The maximum Gasteiger partial charge on any atom is 0.296 e. The first-order chi connectivity index (χ1) is 17.6. The van der Waals surface area contributed by atoms with Crippen LogP contribution in [0.5, 0.6) is 5.75 Å². The van der Waals surface area contributed by atoms with Gasteiger partial charge in [-0.2, -0.15) is 0 Å². The van der Waals surface area contributed by atoms with E-state index in [1.165, 1.54) is 4.90 Å². The van der Waals surface area contributed by atoms with Crippen LogP contribution in [0.3, 0.4) is 0 Å². The molecule has 0 N–H and O–H groups in total. The summed E-state index contributed by atoms with van der Waals surface area (Å²) in [7, 11) is 0. The number of carbonyl (C=O) groups is 1. The number of aromatic nitrogens is 1. The minimum absolute atomic E-state index is 0.0369. The Balaban J connectivity index is 1.44. The lowest BCUT2D eigenvalue weighted by Gasteiger charge is -2.24. The minimum Gasteiger partial charge on any atom is -0.489 e. The van der Waals surface area contributed by atoms with Crippen LogP contribution in [-0.4, -0.2) is 10.9 Å². The molecular formula is C29H19BrN2O4. The monoisotopic (exact) mass is 538 g/mol. The summed E-state index contributed by atoms with van der Waals surface area (Å²) < 4.78 is 12.7. The molecule has 0 radical (unpaired) electrons. The Bertz CT molecular complexity index is 1630. The van der Waals surface area contributed by atoms with E-state index in [0.29, 0.717) is 34.7 Å². The summed E-state index contributed by atoms with van der Waals surface area (Å²) in [5, 5.41) is 0.409. The van der Waals surface area contributed by atoms with Crippen LogP contribution in [0.2, 0.25) is 0 Å². The number of fused-ring (bicyclic) bond motifs is 2. The molecule has 3 heterocycles. The Morgan fingerprint density at radius 2 is 1.69 bits per heavy atom. The van der Waals surface area contributed by atoms with Gasteiger partial charge >= 0.3 is 0 Å². The SMILES string of the molecule is O=C1c2oc3ccc(Br)cc3c(=O)c2C(c2ccc(OCc3ccccc3)cc2)N1c1ccccn1. The first kappa shape index (κ1) is 22.2. The van der Waals surface area contributed by atoms with Gasteiger partial charge in [-0.25, -0.2) is 4.98 Å². The summed E-state index contributed by atoms with van der Waals surface area (Å²) in [6.07, 6.45) is 1.62. The highest BCUT2D eigenvalue weighted by Crippen LogP contribution is 2.41. The highest BCUT2D eigenvalue weighted by atomic mass is 79.9. The number of nitrogens with zero attached hydrogens (tertiary/aromatic N) is 2. The largest absolute Gasteiger partial charge is 0.489 e. The molecule has 1 aliphatic rings. The number of amides is 1. The molecule has 1 aliphatic heterocycles. The molecule has 0 bridgehead atoms. The van der Waals surface area contributed by atoms with E-state index in [2.05, 4.69) is 20.9 Å². The zero-order valence-electron chi connectivity index (χ0n) is 18.9. The van der Waals surface area contributed by atoms with Gasteiger partial charge in [0, 0.05) is 10.7 Å². The van der Waals surface area contributed by atoms with Crippen LogP contribution in [0.15, 0.2) is 111 Å². The van der Waals surface area contributed by atoms with Gasteiger partial charge in [0.1, 0.15) is 23.8 Å². The van der Waals surface area contributed by atoms with Crippen molar-refractivity contribution < 1.29 is 13.9 Å². The number of anilines is 1. The Hall–Kier alpha value is -4.23. The number of benzene rings is 3. The average molecular weight is 539 g/mol. The molecule has 36 heavy (non-hydrogen) atoms. The summed E-state index contributed by atoms with van der Waals surface area (Å²) in [6.45, 7) is 0.440. The van der Waals surface area contributed by atoms with Crippen LogP contribution < -0.4 is 15.1 Å². The van der Waals surface area contributed by atoms with E-state index in [1.54, 1.807) is 42.6 Å². The van der Waals surface area contributed by atoms with Gasteiger partial charge in [0.2, 0.25) is 5.76 Å². The van der Waals surface area contributed by atoms with Crippen LogP contribution in [0.1, 0.15) is 33.3 Å². The van der Waals surface area contributed by atoms with E-state index >= 15 is 0 Å². The Morgan fingerprint density at radius 3 is 2.44 bits per heavy atom. The second-order valence-electron chi connectivity index (χ2n) is 8.42. The third-order valence-corrected chi connectivity index (χ3v) is 6.67. The Kier molecular flexibility index (Phi) is 5.62. The van der Waals surface area contributed by atoms with Gasteiger partial charge in [-0.05, 0) is 53.6 Å². The Labute approximate surface area is 214 Å². The maximum atomic E-state index is 13.7. The molecule has 0 spiro atoms. The standard InChI is InChI=1S/C29H19BrN2O4/c30-20-11-14-23-22(16-20)27(33)25-26(32(29(34)28(25)36-23)24-8-4-5-15-31-24)19-9-12-21(13-10-19)35-17-18-6-2-1-3-7-18/h1-16,26H,17H2. The number of hydrogen-bond donors (Lipinski definition) is 0. The fraction of sp³-hybridized carbons (Fsp3) is 0.0690. The number of halogens is 1. The fourth-order valence-electron chi connectivity index (χ4n) is 4.48. The van der Waals surface area contributed by atoms with Crippen molar-refractivity contribution in [3.63, 3.8) is 0 Å². The lowest BCUT2D eigenvalue weighted by molar-refractivity contribution is 0.0970. The molecule has 0 aliphatic carbocycles. The van der Waals surface area contributed by atoms with Gasteiger partial charge in [0.05, 0.1) is 17.0 Å². The van der Waals surface area contributed by atoms with E-state index in [9.17, 15) is 9.59 Å². The summed E-state index contributed by atoms with van der Waals surface area (Å²) in [5.74, 6) is 0.758. The van der Waals surface area contributed by atoms with Gasteiger partial charge in [0.25, 0.3) is 5.91 Å². The Morgan fingerprint density at radius 1 is 0.917 bits per heavy atom. The zero-order valence-corrected chi connectivity index (χ0v) is 20.5. The van der Waals surface area contributed by atoms with E-state index in [1.807, 2.05) is 54.6 Å². The molecule has 2 aromatic heterocycles. The second kappa shape index (κ2) is 9.09. The normalized spacial score (nSPS) is 14.8. The average Bonchev–Trinajstić information content (AvgIpc) is 3.21. The number of rotatable bonds is 5. The molecule has 1 unspecified atom stereocenters. The third-order valence-electron chi connectivity index (χ3n) is 6.17. The van der Waals surface area contributed by atoms with Crippen molar-refractivity contribution in [2.75, 3.05) is 4.90 Å².